The van der Waals surface area contributed by atoms with E-state index in [1.54, 1.807) is 11.3 Å². The average molecular weight is 408 g/mol. The van der Waals surface area contributed by atoms with Crippen LogP contribution in [-0.2, 0) is 12.8 Å². The van der Waals surface area contributed by atoms with E-state index in [0.717, 1.165) is 46.8 Å². The van der Waals surface area contributed by atoms with E-state index in [1.165, 1.54) is 11.3 Å². The molecule has 1 aliphatic carbocycles. The SMILES string of the molecule is O=C(Nc1ccccc1)c1c(NC(=S)Nc2ccccc2)sc2c1CCCC2. The van der Waals surface area contributed by atoms with Gasteiger partial charge >= 0.3 is 0 Å². The minimum Gasteiger partial charge on any atom is -0.332 e. The molecular formula is C22H21N3OS2. The van der Waals surface area contributed by atoms with E-state index in [9.17, 15) is 4.79 Å². The lowest BCUT2D eigenvalue weighted by Crippen LogP contribution is -2.21. The molecule has 4 nitrogen and oxygen atoms in total. The molecule has 6 heteroatoms. The van der Waals surface area contributed by atoms with Gasteiger partial charge in [0.25, 0.3) is 5.91 Å². The van der Waals surface area contributed by atoms with Crippen LogP contribution in [0.1, 0.15) is 33.6 Å². The number of carbonyl (C=O) groups excluding carboxylic acids is 1. The van der Waals surface area contributed by atoms with Gasteiger partial charge in [-0.3, -0.25) is 4.79 Å². The van der Waals surface area contributed by atoms with Crippen LogP contribution in [0.5, 0.6) is 0 Å². The van der Waals surface area contributed by atoms with Gasteiger partial charge in [-0.25, -0.2) is 0 Å². The van der Waals surface area contributed by atoms with Gasteiger partial charge < -0.3 is 16.0 Å². The molecule has 0 unspecified atom stereocenters. The number of nitrogens with one attached hydrogen (secondary N) is 3. The zero-order chi connectivity index (χ0) is 19.3. The number of hydrogen-bond donors (Lipinski definition) is 3. The normalized spacial score (nSPS) is 12.7. The second-order valence-corrected chi connectivity index (χ2v) is 8.19. The van der Waals surface area contributed by atoms with Crippen LogP contribution in [0.2, 0.25) is 0 Å². The summed E-state index contributed by atoms with van der Waals surface area (Å²) in [5.41, 5.74) is 3.59. The molecule has 1 aliphatic rings. The molecule has 4 rings (SSSR count). The molecule has 2 aromatic carbocycles. The first-order chi connectivity index (χ1) is 13.7. The summed E-state index contributed by atoms with van der Waals surface area (Å²) in [6.45, 7) is 0. The fourth-order valence-electron chi connectivity index (χ4n) is 3.40. The largest absolute Gasteiger partial charge is 0.332 e. The van der Waals surface area contributed by atoms with Crippen LogP contribution in [0.4, 0.5) is 16.4 Å². The number of thiocarbonyl (C=S) groups is 1. The topological polar surface area (TPSA) is 53.2 Å². The molecule has 0 radical (unpaired) electrons. The molecule has 0 saturated heterocycles. The predicted octanol–water partition coefficient (Wildman–Crippen LogP) is 5.69. The van der Waals surface area contributed by atoms with Gasteiger partial charge in [0.05, 0.1) is 5.56 Å². The van der Waals surface area contributed by atoms with Gasteiger partial charge in [0.15, 0.2) is 5.11 Å². The highest BCUT2D eigenvalue weighted by atomic mass is 32.1. The third-order valence-electron chi connectivity index (χ3n) is 4.69. The number of hydrogen-bond acceptors (Lipinski definition) is 3. The molecule has 0 bridgehead atoms. The Morgan fingerprint density at radius 1 is 0.821 bits per heavy atom. The van der Waals surface area contributed by atoms with E-state index in [0.29, 0.717) is 5.11 Å². The van der Waals surface area contributed by atoms with Crippen molar-refractivity contribution >= 4 is 51.0 Å². The summed E-state index contributed by atoms with van der Waals surface area (Å²) >= 11 is 7.13. The molecule has 1 heterocycles. The predicted molar refractivity (Wildman–Crippen MR) is 122 cm³/mol. The van der Waals surface area contributed by atoms with Crippen LogP contribution in [-0.4, -0.2) is 11.0 Å². The van der Waals surface area contributed by atoms with Gasteiger partial charge in [0.2, 0.25) is 0 Å². The Hall–Kier alpha value is -2.70. The molecule has 0 spiro atoms. The van der Waals surface area contributed by atoms with Crippen molar-refractivity contribution in [2.45, 2.75) is 25.7 Å². The quantitative estimate of drug-likeness (QED) is 0.487. The first-order valence-electron chi connectivity index (χ1n) is 9.34. The van der Waals surface area contributed by atoms with Crippen molar-refractivity contribution in [1.29, 1.82) is 0 Å². The summed E-state index contributed by atoms with van der Waals surface area (Å²) in [4.78, 5) is 14.4. The lowest BCUT2D eigenvalue weighted by atomic mass is 9.95. The van der Waals surface area contributed by atoms with Gasteiger partial charge in [-0.15, -0.1) is 11.3 Å². The van der Waals surface area contributed by atoms with Crippen molar-refractivity contribution < 1.29 is 4.79 Å². The molecule has 0 atom stereocenters. The Morgan fingerprint density at radius 3 is 2.11 bits per heavy atom. The highest BCUT2D eigenvalue weighted by molar-refractivity contribution is 7.80. The van der Waals surface area contributed by atoms with Crippen molar-refractivity contribution in [3.63, 3.8) is 0 Å². The summed E-state index contributed by atoms with van der Waals surface area (Å²) in [5, 5.41) is 10.8. The van der Waals surface area contributed by atoms with Crippen LogP contribution < -0.4 is 16.0 Å². The number of rotatable bonds is 4. The number of para-hydroxylation sites is 2. The first kappa shape index (κ1) is 18.7. The maximum absolute atomic E-state index is 13.1. The molecule has 0 aliphatic heterocycles. The van der Waals surface area contributed by atoms with Gasteiger partial charge in [-0.05, 0) is 67.7 Å². The number of benzene rings is 2. The zero-order valence-corrected chi connectivity index (χ0v) is 17.0. The first-order valence-corrected chi connectivity index (χ1v) is 10.6. The molecule has 3 aromatic rings. The highest BCUT2D eigenvalue weighted by Crippen LogP contribution is 2.38. The number of thiophene rings is 1. The number of fused-ring (bicyclic) bond motifs is 1. The molecule has 142 valence electrons. The standard InChI is InChI=1S/C22H21N3OS2/c26-20(23-15-9-3-1-4-10-15)19-17-13-7-8-14-18(17)28-21(19)25-22(27)24-16-11-5-2-6-12-16/h1-6,9-12H,7-8,13-14H2,(H,23,26)(H2,24,25,27). The Kier molecular flexibility index (Phi) is 5.69. The summed E-state index contributed by atoms with van der Waals surface area (Å²) < 4.78 is 0. The third kappa shape index (κ3) is 4.24. The Balaban J connectivity index is 1.58. The maximum atomic E-state index is 13.1. The van der Waals surface area contributed by atoms with Gasteiger partial charge in [-0.1, -0.05) is 36.4 Å². The van der Waals surface area contributed by atoms with Crippen molar-refractivity contribution in [2.24, 2.45) is 0 Å². The smallest absolute Gasteiger partial charge is 0.258 e. The third-order valence-corrected chi connectivity index (χ3v) is 6.10. The fraction of sp³-hybridized carbons (Fsp3) is 0.182. The second-order valence-electron chi connectivity index (χ2n) is 6.68. The van der Waals surface area contributed by atoms with Gasteiger partial charge in [0.1, 0.15) is 5.00 Å². The Morgan fingerprint density at radius 2 is 1.43 bits per heavy atom. The number of amides is 1. The maximum Gasteiger partial charge on any atom is 0.258 e. The van der Waals surface area contributed by atoms with E-state index < -0.39 is 0 Å². The van der Waals surface area contributed by atoms with Crippen LogP contribution >= 0.6 is 23.6 Å². The summed E-state index contributed by atoms with van der Waals surface area (Å²) in [5.74, 6) is -0.0874. The zero-order valence-electron chi connectivity index (χ0n) is 15.3. The molecule has 0 saturated carbocycles. The van der Waals surface area contributed by atoms with Crippen LogP contribution in [0.3, 0.4) is 0 Å². The molecule has 0 fully saturated rings. The van der Waals surface area contributed by atoms with Crippen molar-refractivity contribution in [3.8, 4) is 0 Å². The minimum atomic E-state index is -0.0874. The number of anilines is 3. The lowest BCUT2D eigenvalue weighted by molar-refractivity contribution is 0.102. The average Bonchev–Trinajstić information content (AvgIpc) is 3.07. The van der Waals surface area contributed by atoms with E-state index in [2.05, 4.69) is 16.0 Å². The minimum absolute atomic E-state index is 0.0874. The highest BCUT2D eigenvalue weighted by Gasteiger charge is 2.26. The number of carbonyl (C=O) groups is 1. The van der Waals surface area contributed by atoms with Gasteiger partial charge in [0, 0.05) is 16.3 Å². The van der Waals surface area contributed by atoms with Gasteiger partial charge in [-0.2, -0.15) is 0 Å². The van der Waals surface area contributed by atoms with E-state index in [-0.39, 0.29) is 5.91 Å². The van der Waals surface area contributed by atoms with E-state index in [1.807, 2.05) is 60.7 Å². The van der Waals surface area contributed by atoms with Crippen LogP contribution in [0.25, 0.3) is 0 Å². The molecule has 1 amide bonds. The van der Waals surface area contributed by atoms with Crippen molar-refractivity contribution in [1.82, 2.24) is 0 Å². The lowest BCUT2D eigenvalue weighted by Gasteiger charge is -2.14. The summed E-state index contributed by atoms with van der Waals surface area (Å²) in [6.07, 6.45) is 4.23. The molecule has 3 N–H and O–H groups in total. The molecule has 1 aromatic heterocycles. The van der Waals surface area contributed by atoms with E-state index >= 15 is 0 Å². The van der Waals surface area contributed by atoms with E-state index in [4.69, 9.17) is 12.2 Å². The second kappa shape index (κ2) is 8.54. The van der Waals surface area contributed by atoms with Crippen molar-refractivity contribution in [3.05, 3.63) is 76.7 Å². The Bertz CT molecular complexity index is 984. The van der Waals surface area contributed by atoms with Crippen molar-refractivity contribution in [2.75, 3.05) is 16.0 Å². The monoisotopic (exact) mass is 407 g/mol. The fourth-order valence-corrected chi connectivity index (χ4v) is 4.97. The Labute approximate surface area is 174 Å². The number of aryl methyl sites for hydroxylation is 1. The molecular weight excluding hydrogens is 386 g/mol. The molecule has 28 heavy (non-hydrogen) atoms. The summed E-state index contributed by atoms with van der Waals surface area (Å²) in [7, 11) is 0. The summed E-state index contributed by atoms with van der Waals surface area (Å²) in [6, 6.07) is 19.3. The van der Waals surface area contributed by atoms with Crippen LogP contribution in [0.15, 0.2) is 60.7 Å². The van der Waals surface area contributed by atoms with Crippen LogP contribution in [0, 0.1) is 0 Å².